The Labute approximate surface area is 240 Å². The van der Waals surface area contributed by atoms with Gasteiger partial charge in [-0.15, -0.1) is 20.0 Å². The van der Waals surface area contributed by atoms with E-state index in [0.29, 0.717) is 11.4 Å². The lowest BCUT2D eigenvalue weighted by atomic mass is 9.79. The summed E-state index contributed by atoms with van der Waals surface area (Å²) in [4.78, 5) is 17.2. The molecule has 1 saturated heterocycles. The Morgan fingerprint density at radius 1 is 0.976 bits per heavy atom. The number of likely N-dealkylation sites (tertiary alicyclic amines) is 1. The summed E-state index contributed by atoms with van der Waals surface area (Å²) in [6.45, 7) is 16.7. The summed E-state index contributed by atoms with van der Waals surface area (Å²) in [7, 11) is 2.15. The van der Waals surface area contributed by atoms with Crippen LogP contribution < -0.4 is 14.8 Å². The quantitative estimate of drug-likeness (QED) is 0.218. The van der Waals surface area contributed by atoms with Crippen LogP contribution in [0.4, 0.5) is 11.6 Å². The number of phenols is 1. The number of fused-ring (bicyclic) bond motifs is 1. The maximum Gasteiger partial charge on any atom is 0.324 e. The van der Waals surface area contributed by atoms with E-state index in [0.717, 1.165) is 35.0 Å². The molecule has 0 unspecified atom stereocenters. The van der Waals surface area contributed by atoms with Crippen LogP contribution in [0, 0.1) is 13.8 Å². The molecule has 1 aliphatic heterocycles. The molecule has 11 nitrogen and oxygen atoms in total. The van der Waals surface area contributed by atoms with Crippen molar-refractivity contribution >= 4 is 22.7 Å². The fourth-order valence-electron chi connectivity index (χ4n) is 5.42. The number of phenolic OH excluding ortho intramolecular Hbond substituents is 1. The SMILES string of the molecule is C=CCOc1nc(Nc2cc(C)cc(-n3nc4ccc(C)cc4n3)c2O)nc(OC2CC(C)(C)N(C)C(C)(C)C2)n1. The van der Waals surface area contributed by atoms with Crippen molar-refractivity contribution in [1.29, 1.82) is 0 Å². The predicted octanol–water partition coefficient (Wildman–Crippen LogP) is 5.27. The van der Waals surface area contributed by atoms with Gasteiger partial charge in [0, 0.05) is 23.9 Å². The number of nitrogens with zero attached hydrogens (tertiary/aromatic N) is 7. The minimum Gasteiger partial charge on any atom is -0.504 e. The molecule has 5 rings (SSSR count). The number of benzene rings is 2. The molecule has 11 heteroatoms. The predicted molar refractivity (Wildman–Crippen MR) is 158 cm³/mol. The Bertz CT molecular complexity index is 1580. The van der Waals surface area contributed by atoms with Crippen molar-refractivity contribution in [1.82, 2.24) is 34.8 Å². The van der Waals surface area contributed by atoms with E-state index >= 15 is 0 Å². The summed E-state index contributed by atoms with van der Waals surface area (Å²) in [6.07, 6.45) is 3.11. The third-order valence-electron chi connectivity index (χ3n) is 7.70. The van der Waals surface area contributed by atoms with Crippen LogP contribution in [0.3, 0.4) is 0 Å². The maximum absolute atomic E-state index is 11.3. The summed E-state index contributed by atoms with van der Waals surface area (Å²) < 4.78 is 12.0. The molecule has 41 heavy (non-hydrogen) atoms. The smallest absolute Gasteiger partial charge is 0.324 e. The molecule has 0 saturated carbocycles. The lowest BCUT2D eigenvalue weighted by molar-refractivity contribution is -0.0579. The summed E-state index contributed by atoms with van der Waals surface area (Å²) in [5, 5.41) is 23.5. The van der Waals surface area contributed by atoms with Gasteiger partial charge in [0.1, 0.15) is 29.4 Å². The van der Waals surface area contributed by atoms with E-state index in [9.17, 15) is 5.11 Å². The number of anilines is 2. The highest BCUT2D eigenvalue weighted by molar-refractivity contribution is 5.76. The fourth-order valence-corrected chi connectivity index (χ4v) is 5.42. The molecule has 2 aromatic carbocycles. The summed E-state index contributed by atoms with van der Waals surface area (Å²) in [6, 6.07) is 9.68. The molecule has 0 spiro atoms. The van der Waals surface area contributed by atoms with Crippen molar-refractivity contribution in [2.24, 2.45) is 0 Å². The first kappa shape index (κ1) is 28.3. The first-order valence-corrected chi connectivity index (χ1v) is 13.7. The van der Waals surface area contributed by atoms with Crippen molar-refractivity contribution < 1.29 is 14.6 Å². The molecule has 0 atom stereocenters. The van der Waals surface area contributed by atoms with Gasteiger partial charge >= 0.3 is 12.0 Å². The van der Waals surface area contributed by atoms with Gasteiger partial charge in [-0.1, -0.05) is 18.7 Å². The number of rotatable bonds is 8. The second-order valence-corrected chi connectivity index (χ2v) is 11.9. The first-order valence-electron chi connectivity index (χ1n) is 13.7. The van der Waals surface area contributed by atoms with Crippen molar-refractivity contribution in [3.63, 3.8) is 0 Å². The summed E-state index contributed by atoms with van der Waals surface area (Å²) in [5.41, 5.74) is 4.08. The standard InChI is InChI=1S/C30H38N8O3/c1-9-12-40-27-32-26(33-28(34-27)41-20-16-29(4,5)37(8)30(6,7)17-20)31-23-14-19(3)15-24(25(23)39)38-35-21-11-10-18(2)13-22(21)36-38/h9-11,13-15,20,39H,1,12,16-17H2,2-8H3,(H,31,32,33,34). The molecule has 1 aliphatic rings. The molecule has 216 valence electrons. The fraction of sp³-hybridized carbons (Fsp3) is 0.433. The van der Waals surface area contributed by atoms with Crippen LogP contribution in [0.25, 0.3) is 16.7 Å². The van der Waals surface area contributed by atoms with E-state index in [2.05, 4.69) is 76.7 Å². The summed E-state index contributed by atoms with van der Waals surface area (Å²) >= 11 is 0. The highest BCUT2D eigenvalue weighted by atomic mass is 16.5. The zero-order valence-corrected chi connectivity index (χ0v) is 24.8. The highest BCUT2D eigenvalue weighted by Gasteiger charge is 2.44. The van der Waals surface area contributed by atoms with Crippen LogP contribution in [0.15, 0.2) is 43.0 Å². The van der Waals surface area contributed by atoms with Crippen LogP contribution in [0.2, 0.25) is 0 Å². The van der Waals surface area contributed by atoms with Crippen LogP contribution in [0.1, 0.15) is 51.7 Å². The Hall–Kier alpha value is -4.25. The number of nitrogens with one attached hydrogen (secondary N) is 1. The molecule has 0 amide bonds. The molecule has 0 aliphatic carbocycles. The zero-order valence-electron chi connectivity index (χ0n) is 24.8. The van der Waals surface area contributed by atoms with Gasteiger partial charge in [0.05, 0.1) is 5.69 Å². The number of aromatic hydroxyl groups is 1. The van der Waals surface area contributed by atoms with Crippen molar-refractivity contribution in [2.45, 2.75) is 71.6 Å². The van der Waals surface area contributed by atoms with E-state index in [1.165, 1.54) is 4.80 Å². The summed E-state index contributed by atoms with van der Waals surface area (Å²) in [5.74, 6) is 0.115. The van der Waals surface area contributed by atoms with Crippen molar-refractivity contribution in [3.05, 3.63) is 54.1 Å². The Morgan fingerprint density at radius 3 is 2.37 bits per heavy atom. The number of aryl methyl sites for hydroxylation is 2. The largest absolute Gasteiger partial charge is 0.504 e. The Kier molecular flexibility index (Phi) is 7.33. The van der Waals surface area contributed by atoms with Crippen LogP contribution in [0.5, 0.6) is 17.8 Å². The molecule has 0 bridgehead atoms. The monoisotopic (exact) mass is 558 g/mol. The normalized spacial score (nSPS) is 17.0. The van der Waals surface area contributed by atoms with Crippen molar-refractivity contribution in [2.75, 3.05) is 19.0 Å². The van der Waals surface area contributed by atoms with Gasteiger partial charge < -0.3 is 19.9 Å². The van der Waals surface area contributed by atoms with E-state index in [-0.39, 0.29) is 47.5 Å². The molecule has 0 radical (unpaired) electrons. The average molecular weight is 559 g/mol. The van der Waals surface area contributed by atoms with Crippen molar-refractivity contribution in [3.8, 4) is 23.5 Å². The Balaban J connectivity index is 1.47. The molecule has 3 heterocycles. The number of ether oxygens (including phenoxy) is 2. The topological polar surface area (TPSA) is 123 Å². The third-order valence-corrected chi connectivity index (χ3v) is 7.70. The maximum atomic E-state index is 11.3. The van der Waals surface area contributed by atoms with E-state index in [1.54, 1.807) is 12.1 Å². The number of piperidine rings is 1. The highest BCUT2D eigenvalue weighted by Crippen LogP contribution is 2.39. The average Bonchev–Trinajstić information content (AvgIpc) is 3.30. The van der Waals surface area contributed by atoms with E-state index in [1.807, 2.05) is 38.1 Å². The van der Waals surface area contributed by atoms with Gasteiger partial charge in [0.2, 0.25) is 5.95 Å². The lowest BCUT2D eigenvalue weighted by Gasteiger charge is -2.53. The van der Waals surface area contributed by atoms with Gasteiger partial charge in [0.25, 0.3) is 0 Å². The molecule has 1 fully saturated rings. The van der Waals surface area contributed by atoms with Gasteiger partial charge in [-0.3, -0.25) is 4.90 Å². The second-order valence-electron chi connectivity index (χ2n) is 11.9. The molecule has 4 aromatic rings. The second kappa shape index (κ2) is 10.6. The minimum atomic E-state index is -0.110. The van der Waals surface area contributed by atoms with Gasteiger partial charge in [0.15, 0.2) is 5.75 Å². The third kappa shape index (κ3) is 5.95. The van der Waals surface area contributed by atoms with E-state index in [4.69, 9.17) is 9.47 Å². The van der Waals surface area contributed by atoms with Gasteiger partial charge in [-0.25, -0.2) is 0 Å². The lowest BCUT2D eigenvalue weighted by Crippen LogP contribution is -2.60. The molecular formula is C30H38N8O3. The zero-order chi connectivity index (χ0) is 29.5. The number of hydrogen-bond acceptors (Lipinski definition) is 10. The molecule has 2 N–H and O–H groups in total. The van der Waals surface area contributed by atoms with Crippen LogP contribution in [-0.2, 0) is 0 Å². The van der Waals surface area contributed by atoms with Crippen LogP contribution >= 0.6 is 0 Å². The van der Waals surface area contributed by atoms with E-state index < -0.39 is 0 Å². The minimum absolute atomic E-state index is 0.0529. The Morgan fingerprint density at radius 2 is 1.66 bits per heavy atom. The van der Waals surface area contributed by atoms with Crippen LogP contribution in [-0.4, -0.2) is 70.8 Å². The van der Waals surface area contributed by atoms with Gasteiger partial charge in [-0.2, -0.15) is 9.97 Å². The van der Waals surface area contributed by atoms with Gasteiger partial charge in [-0.05, 0) is 84.0 Å². The molecular weight excluding hydrogens is 520 g/mol. The number of aromatic nitrogens is 6. The number of hydrogen-bond donors (Lipinski definition) is 2. The first-order chi connectivity index (χ1) is 19.3. The molecule has 2 aromatic heterocycles.